The standard InChI is InChI=1S/C12H26O4/c1-11(7-13)9-15-5-3-4-6-16-10-12(2)8-14/h11-14H,3-10H2,1-2H3. The second kappa shape index (κ2) is 11.3. The maximum Gasteiger partial charge on any atom is 0.0513 e. The highest BCUT2D eigenvalue weighted by Crippen LogP contribution is 1.98. The number of aliphatic hydroxyl groups is 2. The Hall–Kier alpha value is -0.160. The van der Waals surface area contributed by atoms with E-state index in [0.29, 0.717) is 13.2 Å². The number of rotatable bonds is 11. The first-order chi connectivity index (χ1) is 7.70. The zero-order valence-electron chi connectivity index (χ0n) is 10.5. The molecule has 0 saturated heterocycles. The minimum atomic E-state index is 0.183. The van der Waals surface area contributed by atoms with Crippen LogP contribution in [0.3, 0.4) is 0 Å². The fourth-order valence-corrected chi connectivity index (χ4v) is 1.08. The van der Waals surface area contributed by atoms with Gasteiger partial charge in [-0.25, -0.2) is 0 Å². The van der Waals surface area contributed by atoms with Gasteiger partial charge in [-0.3, -0.25) is 0 Å². The molecule has 0 aliphatic heterocycles. The maximum atomic E-state index is 8.76. The van der Waals surface area contributed by atoms with Gasteiger partial charge in [0.15, 0.2) is 0 Å². The molecule has 0 bridgehead atoms. The van der Waals surface area contributed by atoms with Crippen LogP contribution in [-0.2, 0) is 9.47 Å². The smallest absolute Gasteiger partial charge is 0.0513 e. The van der Waals surface area contributed by atoms with Crippen LogP contribution < -0.4 is 0 Å². The highest BCUT2D eigenvalue weighted by atomic mass is 16.5. The summed E-state index contributed by atoms with van der Waals surface area (Å²) in [6.07, 6.45) is 1.96. The first-order valence-electron chi connectivity index (χ1n) is 6.07. The summed E-state index contributed by atoms with van der Waals surface area (Å²) in [6.45, 7) is 6.98. The van der Waals surface area contributed by atoms with Crippen molar-refractivity contribution in [2.45, 2.75) is 26.7 Å². The zero-order valence-corrected chi connectivity index (χ0v) is 10.5. The molecule has 0 aromatic rings. The van der Waals surface area contributed by atoms with E-state index in [2.05, 4.69) is 0 Å². The molecule has 0 heterocycles. The molecule has 98 valence electrons. The highest BCUT2D eigenvalue weighted by molar-refractivity contribution is 4.48. The molecule has 0 aromatic heterocycles. The fourth-order valence-electron chi connectivity index (χ4n) is 1.08. The van der Waals surface area contributed by atoms with Crippen LogP contribution in [0.15, 0.2) is 0 Å². The lowest BCUT2D eigenvalue weighted by Gasteiger charge is -2.10. The van der Waals surface area contributed by atoms with Crippen LogP contribution >= 0.6 is 0 Å². The van der Waals surface area contributed by atoms with Gasteiger partial charge in [0.1, 0.15) is 0 Å². The summed E-state index contributed by atoms with van der Waals surface area (Å²) in [4.78, 5) is 0. The van der Waals surface area contributed by atoms with Crippen LogP contribution in [0, 0.1) is 11.8 Å². The summed E-state index contributed by atoms with van der Waals surface area (Å²) in [7, 11) is 0. The van der Waals surface area contributed by atoms with Gasteiger partial charge in [-0.15, -0.1) is 0 Å². The Morgan fingerprint density at radius 1 is 0.812 bits per heavy atom. The average Bonchev–Trinajstić information content (AvgIpc) is 2.31. The lowest BCUT2D eigenvalue weighted by molar-refractivity contribution is 0.0584. The van der Waals surface area contributed by atoms with Crippen LogP contribution in [-0.4, -0.2) is 49.9 Å². The van der Waals surface area contributed by atoms with Crippen LogP contribution in [0.1, 0.15) is 26.7 Å². The Morgan fingerprint density at radius 2 is 1.19 bits per heavy atom. The molecule has 0 radical (unpaired) electrons. The van der Waals surface area contributed by atoms with Gasteiger partial charge in [-0.2, -0.15) is 0 Å². The van der Waals surface area contributed by atoms with Crippen molar-refractivity contribution < 1.29 is 19.7 Å². The van der Waals surface area contributed by atoms with E-state index in [9.17, 15) is 0 Å². The molecule has 2 N–H and O–H groups in total. The summed E-state index contributed by atoms with van der Waals surface area (Å²) in [5.74, 6) is 0.448. The maximum absolute atomic E-state index is 8.76. The quantitative estimate of drug-likeness (QED) is 0.525. The molecule has 0 aliphatic rings. The van der Waals surface area contributed by atoms with Gasteiger partial charge in [0.2, 0.25) is 0 Å². The Labute approximate surface area is 98.6 Å². The fraction of sp³-hybridized carbons (Fsp3) is 1.00. The molecular weight excluding hydrogens is 208 g/mol. The van der Waals surface area contributed by atoms with Crippen molar-refractivity contribution in [1.29, 1.82) is 0 Å². The van der Waals surface area contributed by atoms with Gasteiger partial charge >= 0.3 is 0 Å². The number of hydrogen-bond donors (Lipinski definition) is 2. The summed E-state index contributed by atoms with van der Waals surface area (Å²) >= 11 is 0. The molecule has 4 nitrogen and oxygen atoms in total. The molecule has 0 amide bonds. The Kier molecular flexibility index (Phi) is 11.2. The number of aliphatic hydroxyl groups excluding tert-OH is 2. The molecular formula is C12H26O4. The van der Waals surface area contributed by atoms with Gasteiger partial charge in [0, 0.05) is 38.3 Å². The van der Waals surface area contributed by atoms with Gasteiger partial charge in [-0.05, 0) is 12.8 Å². The molecule has 0 aromatic carbocycles. The lowest BCUT2D eigenvalue weighted by Crippen LogP contribution is -2.12. The van der Waals surface area contributed by atoms with Crippen LogP contribution in [0.2, 0.25) is 0 Å². The molecule has 16 heavy (non-hydrogen) atoms. The second-order valence-electron chi connectivity index (χ2n) is 4.43. The predicted molar refractivity (Wildman–Crippen MR) is 63.4 cm³/mol. The van der Waals surface area contributed by atoms with Crippen LogP contribution in [0.25, 0.3) is 0 Å². The van der Waals surface area contributed by atoms with Crippen LogP contribution in [0.4, 0.5) is 0 Å². The Bertz CT molecular complexity index is 125. The second-order valence-corrected chi connectivity index (χ2v) is 4.43. The number of unbranched alkanes of at least 4 members (excludes halogenated alkanes) is 1. The first kappa shape index (κ1) is 15.8. The Morgan fingerprint density at radius 3 is 1.50 bits per heavy atom. The number of hydrogen-bond acceptors (Lipinski definition) is 4. The van der Waals surface area contributed by atoms with E-state index in [4.69, 9.17) is 19.7 Å². The van der Waals surface area contributed by atoms with Crippen molar-refractivity contribution in [3.63, 3.8) is 0 Å². The largest absolute Gasteiger partial charge is 0.396 e. The Balaban J connectivity index is 3.04. The third-order valence-corrected chi connectivity index (χ3v) is 2.26. The highest BCUT2D eigenvalue weighted by Gasteiger charge is 2.00. The average molecular weight is 234 g/mol. The lowest BCUT2D eigenvalue weighted by atomic mass is 10.2. The normalized spacial score (nSPS) is 15.0. The van der Waals surface area contributed by atoms with E-state index in [1.54, 1.807) is 0 Å². The summed E-state index contributed by atoms with van der Waals surface area (Å²) in [6, 6.07) is 0. The van der Waals surface area contributed by atoms with Crippen molar-refractivity contribution in [3.05, 3.63) is 0 Å². The zero-order chi connectivity index (χ0) is 12.2. The van der Waals surface area contributed by atoms with E-state index in [1.165, 1.54) is 0 Å². The molecule has 2 unspecified atom stereocenters. The van der Waals surface area contributed by atoms with E-state index in [-0.39, 0.29) is 25.0 Å². The van der Waals surface area contributed by atoms with Crippen molar-refractivity contribution in [1.82, 2.24) is 0 Å². The molecule has 0 saturated carbocycles. The minimum absolute atomic E-state index is 0.183. The number of ether oxygens (including phenoxy) is 2. The molecule has 0 rings (SSSR count). The van der Waals surface area contributed by atoms with Gasteiger partial charge in [0.05, 0.1) is 13.2 Å². The van der Waals surface area contributed by atoms with Gasteiger partial charge in [0.25, 0.3) is 0 Å². The SMILES string of the molecule is CC(CO)COCCCCOCC(C)CO. The van der Waals surface area contributed by atoms with Crippen LogP contribution in [0.5, 0.6) is 0 Å². The topological polar surface area (TPSA) is 58.9 Å². The molecule has 0 spiro atoms. The van der Waals surface area contributed by atoms with E-state index in [1.807, 2.05) is 13.8 Å². The third-order valence-electron chi connectivity index (χ3n) is 2.26. The third kappa shape index (κ3) is 10.4. The van der Waals surface area contributed by atoms with Crippen molar-refractivity contribution in [3.8, 4) is 0 Å². The molecule has 2 atom stereocenters. The predicted octanol–water partition coefficient (Wildman–Crippen LogP) is 1.06. The summed E-state index contributed by atoms with van der Waals surface area (Å²) in [5, 5.41) is 17.5. The minimum Gasteiger partial charge on any atom is -0.396 e. The summed E-state index contributed by atoms with van der Waals surface area (Å²) < 4.78 is 10.8. The van der Waals surface area contributed by atoms with E-state index >= 15 is 0 Å². The van der Waals surface area contributed by atoms with E-state index < -0.39 is 0 Å². The molecule has 0 aliphatic carbocycles. The van der Waals surface area contributed by atoms with E-state index in [0.717, 1.165) is 26.1 Å². The molecule has 4 heteroatoms. The van der Waals surface area contributed by atoms with Gasteiger partial charge < -0.3 is 19.7 Å². The van der Waals surface area contributed by atoms with Crippen molar-refractivity contribution in [2.24, 2.45) is 11.8 Å². The van der Waals surface area contributed by atoms with Crippen molar-refractivity contribution >= 4 is 0 Å². The summed E-state index contributed by atoms with van der Waals surface area (Å²) in [5.41, 5.74) is 0. The molecule has 0 fully saturated rings. The van der Waals surface area contributed by atoms with Gasteiger partial charge in [-0.1, -0.05) is 13.8 Å². The monoisotopic (exact) mass is 234 g/mol. The van der Waals surface area contributed by atoms with Crippen molar-refractivity contribution in [2.75, 3.05) is 39.6 Å². The first-order valence-corrected chi connectivity index (χ1v) is 6.07.